The van der Waals surface area contributed by atoms with Crippen molar-refractivity contribution in [1.29, 1.82) is 0 Å². The van der Waals surface area contributed by atoms with Crippen molar-refractivity contribution in [2.75, 3.05) is 0 Å². The van der Waals surface area contributed by atoms with Crippen molar-refractivity contribution in [1.82, 2.24) is 10.6 Å². The standard InChI is InChI=1S/C25H32N2O4S/c1-14(2)13-17(26-25(31)18-11-8-12-32-18)24(30)27-21(15(3)4)23(29)20-19(22(20)28)16-9-6-5-7-10-16/h5-12,14-15,17,19-21,23,29H,13H2,1-4H3,(H,26,31)(H,27,30)/t17-,19?,20?,21-,23-/m0/s1. The SMILES string of the molecule is CC(C)C[C@H](NC(=O)c1cccs1)C(=O)N[C@@H](C(C)C)[C@@H](O)C1C(=O)C1c1ccccc1. The highest BCUT2D eigenvalue weighted by atomic mass is 32.1. The second-order valence-corrected chi connectivity index (χ2v) is 10.2. The van der Waals surface area contributed by atoms with Crippen LogP contribution in [-0.4, -0.2) is 40.9 Å². The molecule has 1 aliphatic carbocycles. The van der Waals surface area contributed by atoms with Crippen LogP contribution in [0.1, 0.15) is 55.3 Å². The van der Waals surface area contributed by atoms with Gasteiger partial charge in [0.15, 0.2) is 0 Å². The summed E-state index contributed by atoms with van der Waals surface area (Å²) < 4.78 is 0. The average Bonchev–Trinajstić information content (AvgIpc) is 3.13. The van der Waals surface area contributed by atoms with E-state index in [9.17, 15) is 19.5 Å². The highest BCUT2D eigenvalue weighted by Gasteiger charge is 2.56. The van der Waals surface area contributed by atoms with Gasteiger partial charge in [-0.15, -0.1) is 11.3 Å². The number of carbonyl (C=O) groups excluding carboxylic acids is 3. The first kappa shape index (κ1) is 24.1. The van der Waals surface area contributed by atoms with Gasteiger partial charge < -0.3 is 15.7 Å². The molecular formula is C25H32N2O4S. The third kappa shape index (κ3) is 5.64. The fourth-order valence-electron chi connectivity index (χ4n) is 4.13. The van der Waals surface area contributed by atoms with E-state index >= 15 is 0 Å². The maximum absolute atomic E-state index is 13.2. The molecule has 7 heteroatoms. The summed E-state index contributed by atoms with van der Waals surface area (Å²) in [6.45, 7) is 7.78. The molecule has 32 heavy (non-hydrogen) atoms. The molecule has 0 bridgehead atoms. The van der Waals surface area contributed by atoms with Crippen LogP contribution in [0.5, 0.6) is 0 Å². The fourth-order valence-corrected chi connectivity index (χ4v) is 4.76. The number of benzene rings is 1. The summed E-state index contributed by atoms with van der Waals surface area (Å²) in [4.78, 5) is 38.7. The molecule has 2 unspecified atom stereocenters. The molecule has 0 spiro atoms. The van der Waals surface area contributed by atoms with Gasteiger partial charge in [0.05, 0.1) is 28.9 Å². The van der Waals surface area contributed by atoms with Crippen molar-refractivity contribution in [3.05, 3.63) is 58.3 Å². The molecule has 1 saturated carbocycles. The van der Waals surface area contributed by atoms with Crippen LogP contribution in [0.2, 0.25) is 0 Å². The summed E-state index contributed by atoms with van der Waals surface area (Å²) in [5, 5.41) is 18.6. The van der Waals surface area contributed by atoms with Crippen LogP contribution in [0.3, 0.4) is 0 Å². The lowest BCUT2D eigenvalue weighted by Gasteiger charge is -2.30. The molecule has 3 N–H and O–H groups in total. The first-order valence-corrected chi connectivity index (χ1v) is 12.0. The van der Waals surface area contributed by atoms with Gasteiger partial charge in [-0.2, -0.15) is 0 Å². The third-order valence-corrected chi connectivity index (χ3v) is 6.75. The molecule has 6 nitrogen and oxygen atoms in total. The van der Waals surface area contributed by atoms with Gasteiger partial charge in [0.2, 0.25) is 5.91 Å². The highest BCUT2D eigenvalue weighted by Crippen LogP contribution is 2.46. The van der Waals surface area contributed by atoms with Crippen molar-refractivity contribution >= 4 is 28.9 Å². The number of amides is 2. The quantitative estimate of drug-likeness (QED) is 0.511. The number of nitrogens with one attached hydrogen (secondary N) is 2. The molecule has 2 amide bonds. The Hall–Kier alpha value is -2.51. The van der Waals surface area contributed by atoms with Gasteiger partial charge >= 0.3 is 0 Å². The summed E-state index contributed by atoms with van der Waals surface area (Å²) in [6.07, 6.45) is -0.525. The number of aliphatic hydroxyl groups is 1. The van der Waals surface area contributed by atoms with E-state index in [4.69, 9.17) is 0 Å². The van der Waals surface area contributed by atoms with Crippen molar-refractivity contribution in [2.24, 2.45) is 17.8 Å². The summed E-state index contributed by atoms with van der Waals surface area (Å²) in [6, 6.07) is 11.6. The van der Waals surface area contributed by atoms with E-state index in [1.807, 2.05) is 63.4 Å². The topological polar surface area (TPSA) is 95.5 Å². The van der Waals surface area contributed by atoms with Gasteiger partial charge in [0, 0.05) is 0 Å². The number of aliphatic hydroxyl groups excluding tert-OH is 1. The lowest BCUT2D eigenvalue weighted by molar-refractivity contribution is -0.126. The van der Waals surface area contributed by atoms with E-state index in [0.29, 0.717) is 11.3 Å². The Kier molecular flexibility index (Phi) is 7.85. The summed E-state index contributed by atoms with van der Waals surface area (Å²) in [7, 11) is 0. The minimum absolute atomic E-state index is 0.00618. The zero-order valence-electron chi connectivity index (χ0n) is 18.9. The van der Waals surface area contributed by atoms with Crippen LogP contribution in [0.15, 0.2) is 47.8 Å². The van der Waals surface area contributed by atoms with Crippen LogP contribution in [-0.2, 0) is 9.59 Å². The molecule has 5 atom stereocenters. The van der Waals surface area contributed by atoms with Crippen LogP contribution in [0, 0.1) is 17.8 Å². The average molecular weight is 457 g/mol. The van der Waals surface area contributed by atoms with Gasteiger partial charge in [-0.25, -0.2) is 0 Å². The fraction of sp³-hybridized carbons (Fsp3) is 0.480. The summed E-state index contributed by atoms with van der Waals surface area (Å²) >= 11 is 1.32. The molecule has 1 heterocycles. The largest absolute Gasteiger partial charge is 0.390 e. The van der Waals surface area contributed by atoms with Crippen molar-refractivity contribution in [3.63, 3.8) is 0 Å². The zero-order chi connectivity index (χ0) is 23.4. The molecule has 1 aromatic heterocycles. The molecule has 0 aliphatic heterocycles. The normalized spacial score (nSPS) is 20.7. The molecule has 2 aromatic rings. The molecule has 0 saturated heterocycles. The van der Waals surface area contributed by atoms with Gasteiger partial charge in [0.25, 0.3) is 5.91 Å². The summed E-state index contributed by atoms with van der Waals surface area (Å²) in [5.74, 6) is -1.41. The molecule has 1 aromatic carbocycles. The van der Waals surface area contributed by atoms with Gasteiger partial charge in [0.1, 0.15) is 11.8 Å². The highest BCUT2D eigenvalue weighted by molar-refractivity contribution is 7.12. The molecule has 0 radical (unpaired) electrons. The monoisotopic (exact) mass is 456 g/mol. The minimum atomic E-state index is -0.996. The maximum atomic E-state index is 13.2. The molecular weight excluding hydrogens is 424 g/mol. The lowest BCUT2D eigenvalue weighted by atomic mass is 9.92. The van der Waals surface area contributed by atoms with Crippen LogP contribution < -0.4 is 10.6 Å². The lowest BCUT2D eigenvalue weighted by Crippen LogP contribution is -2.55. The molecule has 1 fully saturated rings. The first-order chi connectivity index (χ1) is 15.2. The number of carbonyl (C=O) groups is 3. The predicted molar refractivity (Wildman–Crippen MR) is 125 cm³/mol. The van der Waals surface area contributed by atoms with Gasteiger partial charge in [-0.05, 0) is 35.3 Å². The Labute approximate surface area is 193 Å². The summed E-state index contributed by atoms with van der Waals surface area (Å²) in [5.41, 5.74) is 0.885. The van der Waals surface area contributed by atoms with E-state index in [2.05, 4.69) is 10.6 Å². The molecule has 172 valence electrons. The third-order valence-electron chi connectivity index (χ3n) is 5.88. The maximum Gasteiger partial charge on any atom is 0.261 e. The number of ketones is 1. The number of rotatable bonds is 10. The Balaban J connectivity index is 1.70. The Morgan fingerprint density at radius 3 is 2.28 bits per heavy atom. The zero-order valence-corrected chi connectivity index (χ0v) is 19.8. The van der Waals surface area contributed by atoms with Gasteiger partial charge in [-0.1, -0.05) is 64.1 Å². The van der Waals surface area contributed by atoms with Crippen molar-refractivity contribution in [2.45, 2.75) is 58.2 Å². The van der Waals surface area contributed by atoms with E-state index in [0.717, 1.165) is 5.56 Å². The van der Waals surface area contributed by atoms with E-state index < -0.39 is 24.1 Å². The second kappa shape index (κ2) is 10.4. The predicted octanol–water partition coefficient (Wildman–Crippen LogP) is 3.38. The smallest absolute Gasteiger partial charge is 0.261 e. The number of hydrogen-bond donors (Lipinski definition) is 3. The second-order valence-electron chi connectivity index (χ2n) is 9.22. The number of thiophene rings is 1. The van der Waals surface area contributed by atoms with E-state index in [1.54, 1.807) is 12.1 Å². The number of Topliss-reactive ketones (excluding diaryl/α,β-unsaturated/α-hetero) is 1. The van der Waals surface area contributed by atoms with Crippen molar-refractivity contribution < 1.29 is 19.5 Å². The van der Waals surface area contributed by atoms with Crippen LogP contribution >= 0.6 is 11.3 Å². The van der Waals surface area contributed by atoms with Gasteiger partial charge in [-0.3, -0.25) is 14.4 Å². The number of hydrogen-bond acceptors (Lipinski definition) is 5. The molecule has 3 rings (SSSR count). The Bertz CT molecular complexity index is 927. The minimum Gasteiger partial charge on any atom is -0.390 e. The van der Waals surface area contributed by atoms with E-state index in [1.165, 1.54) is 11.3 Å². The van der Waals surface area contributed by atoms with E-state index in [-0.39, 0.29) is 35.4 Å². The first-order valence-electron chi connectivity index (χ1n) is 11.1. The Morgan fingerprint density at radius 1 is 1.03 bits per heavy atom. The van der Waals surface area contributed by atoms with Crippen molar-refractivity contribution in [3.8, 4) is 0 Å². The van der Waals surface area contributed by atoms with Crippen LogP contribution in [0.25, 0.3) is 0 Å². The Morgan fingerprint density at radius 2 is 1.72 bits per heavy atom. The van der Waals surface area contributed by atoms with Crippen LogP contribution in [0.4, 0.5) is 0 Å². The molecule has 1 aliphatic rings.